The summed E-state index contributed by atoms with van der Waals surface area (Å²) in [4.78, 5) is 18.6. The Kier molecular flexibility index (Phi) is 3.60. The van der Waals surface area contributed by atoms with E-state index in [9.17, 15) is 4.79 Å². The quantitative estimate of drug-likeness (QED) is 0.571. The Bertz CT molecular complexity index is 335. The highest BCUT2D eigenvalue weighted by atomic mass is 16.6. The molecule has 0 atom stereocenters. The molecule has 1 rings (SSSR count). The van der Waals surface area contributed by atoms with Gasteiger partial charge in [0.25, 0.3) is 0 Å². The van der Waals surface area contributed by atoms with E-state index in [0.29, 0.717) is 5.71 Å². The third-order valence-electron chi connectivity index (χ3n) is 1.47. The standard InChI is InChI=1S/C9H10N2O3/c1-7(11-14-6-9(12)13)8-3-2-4-10-5-8/h2-5H,6H2,1H3,(H,12,13). The predicted octanol–water partition coefficient (Wildman–Crippen LogP) is 0.907. The lowest BCUT2D eigenvalue weighted by atomic mass is 10.2. The van der Waals surface area contributed by atoms with Gasteiger partial charge in [0.15, 0.2) is 0 Å². The minimum absolute atomic E-state index is 0.433. The largest absolute Gasteiger partial charge is 0.479 e. The SMILES string of the molecule is CC(=NOCC(=O)O)c1cccnc1. The topological polar surface area (TPSA) is 71.8 Å². The first-order valence-corrected chi connectivity index (χ1v) is 3.99. The zero-order valence-electron chi connectivity index (χ0n) is 7.67. The maximum atomic E-state index is 10.1. The van der Waals surface area contributed by atoms with E-state index in [2.05, 4.69) is 15.0 Å². The summed E-state index contributed by atoms with van der Waals surface area (Å²) in [6.07, 6.45) is 3.28. The molecule has 1 aromatic rings. The molecule has 5 heteroatoms. The van der Waals surface area contributed by atoms with Gasteiger partial charge in [0.05, 0.1) is 5.71 Å². The number of oxime groups is 1. The summed E-state index contributed by atoms with van der Waals surface area (Å²) in [5, 5.41) is 11.9. The Hall–Kier alpha value is -1.91. The van der Waals surface area contributed by atoms with Gasteiger partial charge in [-0.1, -0.05) is 5.16 Å². The fourth-order valence-corrected chi connectivity index (χ4v) is 0.814. The summed E-state index contributed by atoms with van der Waals surface area (Å²) in [5.74, 6) is -1.05. The van der Waals surface area contributed by atoms with Gasteiger partial charge in [-0.15, -0.1) is 0 Å². The van der Waals surface area contributed by atoms with Crippen molar-refractivity contribution in [3.63, 3.8) is 0 Å². The van der Waals surface area contributed by atoms with Gasteiger partial charge in [0.1, 0.15) is 0 Å². The summed E-state index contributed by atoms with van der Waals surface area (Å²) in [6.45, 7) is 1.29. The van der Waals surface area contributed by atoms with Crippen molar-refractivity contribution in [2.45, 2.75) is 6.92 Å². The Morgan fingerprint density at radius 2 is 2.50 bits per heavy atom. The van der Waals surface area contributed by atoms with E-state index in [0.717, 1.165) is 5.56 Å². The molecule has 0 bridgehead atoms. The van der Waals surface area contributed by atoms with E-state index in [1.807, 2.05) is 6.07 Å². The lowest BCUT2D eigenvalue weighted by Gasteiger charge is -1.98. The third-order valence-corrected chi connectivity index (χ3v) is 1.47. The van der Waals surface area contributed by atoms with Gasteiger partial charge >= 0.3 is 5.97 Å². The molecule has 5 nitrogen and oxygen atoms in total. The van der Waals surface area contributed by atoms with Crippen molar-refractivity contribution in [3.8, 4) is 0 Å². The van der Waals surface area contributed by atoms with Crippen molar-refractivity contribution in [1.29, 1.82) is 0 Å². The number of carboxylic acids is 1. The van der Waals surface area contributed by atoms with Gasteiger partial charge < -0.3 is 9.94 Å². The molecule has 0 saturated heterocycles. The van der Waals surface area contributed by atoms with Crippen LogP contribution in [0.2, 0.25) is 0 Å². The molecule has 14 heavy (non-hydrogen) atoms. The zero-order valence-corrected chi connectivity index (χ0v) is 7.67. The molecular formula is C9H10N2O3. The summed E-state index contributed by atoms with van der Waals surface area (Å²) in [7, 11) is 0. The number of aromatic nitrogens is 1. The molecular weight excluding hydrogens is 184 g/mol. The summed E-state index contributed by atoms with van der Waals surface area (Å²) >= 11 is 0. The lowest BCUT2D eigenvalue weighted by Crippen LogP contribution is -2.05. The van der Waals surface area contributed by atoms with Crippen LogP contribution in [0.1, 0.15) is 12.5 Å². The molecule has 0 aliphatic carbocycles. The molecule has 1 N–H and O–H groups in total. The minimum Gasteiger partial charge on any atom is -0.479 e. The van der Waals surface area contributed by atoms with Crippen LogP contribution in [0, 0.1) is 0 Å². The van der Waals surface area contributed by atoms with Crippen molar-refractivity contribution in [2.24, 2.45) is 5.16 Å². The average Bonchev–Trinajstić information content (AvgIpc) is 2.18. The van der Waals surface area contributed by atoms with E-state index in [1.165, 1.54) is 0 Å². The minimum atomic E-state index is -1.05. The van der Waals surface area contributed by atoms with Crippen LogP contribution in [0.3, 0.4) is 0 Å². The number of rotatable bonds is 4. The van der Waals surface area contributed by atoms with Crippen LogP contribution in [-0.4, -0.2) is 28.4 Å². The molecule has 0 fully saturated rings. The van der Waals surface area contributed by atoms with Crippen LogP contribution < -0.4 is 0 Å². The first-order chi connectivity index (χ1) is 6.70. The second-order valence-corrected chi connectivity index (χ2v) is 2.59. The average molecular weight is 194 g/mol. The molecule has 0 aliphatic heterocycles. The Labute approximate surface area is 81.0 Å². The van der Waals surface area contributed by atoms with Crippen molar-refractivity contribution in [1.82, 2.24) is 4.98 Å². The molecule has 1 heterocycles. The van der Waals surface area contributed by atoms with Crippen LogP contribution in [0.25, 0.3) is 0 Å². The first kappa shape index (κ1) is 10.2. The summed E-state index contributed by atoms with van der Waals surface area (Å²) in [6, 6.07) is 3.58. The van der Waals surface area contributed by atoms with Gasteiger partial charge in [-0.3, -0.25) is 4.98 Å². The Balaban J connectivity index is 2.57. The normalized spacial score (nSPS) is 11.1. The van der Waals surface area contributed by atoms with Crippen LogP contribution in [0.4, 0.5) is 0 Å². The second-order valence-electron chi connectivity index (χ2n) is 2.59. The molecule has 0 saturated carbocycles. The van der Waals surface area contributed by atoms with E-state index in [-0.39, 0.29) is 0 Å². The predicted molar refractivity (Wildman–Crippen MR) is 50.0 cm³/mol. The Morgan fingerprint density at radius 3 is 3.07 bits per heavy atom. The van der Waals surface area contributed by atoms with Crippen molar-refractivity contribution >= 4 is 11.7 Å². The van der Waals surface area contributed by atoms with Gasteiger partial charge in [-0.05, 0) is 19.1 Å². The van der Waals surface area contributed by atoms with Crippen LogP contribution in [0.5, 0.6) is 0 Å². The fourth-order valence-electron chi connectivity index (χ4n) is 0.814. The number of aliphatic carboxylic acids is 1. The second kappa shape index (κ2) is 4.96. The fraction of sp³-hybridized carbons (Fsp3) is 0.222. The van der Waals surface area contributed by atoms with Gasteiger partial charge in [0, 0.05) is 18.0 Å². The number of nitrogens with zero attached hydrogens (tertiary/aromatic N) is 2. The lowest BCUT2D eigenvalue weighted by molar-refractivity contribution is -0.142. The van der Waals surface area contributed by atoms with Crippen molar-refractivity contribution < 1.29 is 14.7 Å². The molecule has 0 unspecified atom stereocenters. The highest BCUT2D eigenvalue weighted by Crippen LogP contribution is 1.98. The monoisotopic (exact) mass is 194 g/mol. The van der Waals surface area contributed by atoms with Crippen molar-refractivity contribution in [3.05, 3.63) is 30.1 Å². The highest BCUT2D eigenvalue weighted by molar-refractivity contribution is 5.97. The number of hydrogen-bond donors (Lipinski definition) is 1. The van der Waals surface area contributed by atoms with Crippen molar-refractivity contribution in [2.75, 3.05) is 6.61 Å². The molecule has 1 aromatic heterocycles. The summed E-state index contributed by atoms with van der Waals surface area (Å²) in [5.41, 5.74) is 1.40. The molecule has 0 aromatic carbocycles. The maximum Gasteiger partial charge on any atom is 0.344 e. The Morgan fingerprint density at radius 1 is 1.71 bits per heavy atom. The van der Waals surface area contributed by atoms with Gasteiger partial charge in [-0.2, -0.15) is 0 Å². The van der Waals surface area contributed by atoms with Gasteiger partial charge in [0.2, 0.25) is 6.61 Å². The number of carboxylic acid groups (broad SMARTS) is 1. The van der Waals surface area contributed by atoms with Gasteiger partial charge in [-0.25, -0.2) is 4.79 Å². The van der Waals surface area contributed by atoms with E-state index in [1.54, 1.807) is 25.4 Å². The van der Waals surface area contributed by atoms with Crippen LogP contribution >= 0.6 is 0 Å². The molecule has 0 spiro atoms. The van der Waals surface area contributed by atoms with E-state index < -0.39 is 12.6 Å². The molecule has 0 aliphatic rings. The first-order valence-electron chi connectivity index (χ1n) is 3.99. The number of carbonyl (C=O) groups is 1. The third kappa shape index (κ3) is 3.22. The van der Waals surface area contributed by atoms with E-state index >= 15 is 0 Å². The maximum absolute atomic E-state index is 10.1. The van der Waals surface area contributed by atoms with Crippen LogP contribution in [0.15, 0.2) is 29.7 Å². The zero-order chi connectivity index (χ0) is 10.4. The summed E-state index contributed by atoms with van der Waals surface area (Å²) < 4.78 is 0. The molecule has 74 valence electrons. The molecule has 0 radical (unpaired) electrons. The van der Waals surface area contributed by atoms with E-state index in [4.69, 9.17) is 5.11 Å². The highest BCUT2D eigenvalue weighted by Gasteiger charge is 1.98. The van der Waals surface area contributed by atoms with Crippen LogP contribution in [-0.2, 0) is 9.63 Å². The smallest absolute Gasteiger partial charge is 0.344 e. The number of hydrogen-bond acceptors (Lipinski definition) is 4. The number of pyridine rings is 1. The molecule has 0 amide bonds.